The van der Waals surface area contributed by atoms with Crippen LogP contribution in [0.3, 0.4) is 0 Å². The maximum Gasteiger partial charge on any atom is 0.161 e. The molecule has 0 amide bonds. The maximum atomic E-state index is 5.41. The fourth-order valence-electron chi connectivity index (χ4n) is 2.25. The van der Waals surface area contributed by atoms with Gasteiger partial charge in [-0.05, 0) is 37.1 Å². The number of benzene rings is 1. The summed E-state index contributed by atoms with van der Waals surface area (Å²) >= 11 is 3.44. The van der Waals surface area contributed by atoms with E-state index in [9.17, 15) is 0 Å². The van der Waals surface area contributed by atoms with Gasteiger partial charge in [-0.15, -0.1) is 0 Å². The van der Waals surface area contributed by atoms with Crippen LogP contribution in [0.2, 0.25) is 0 Å². The molecular weight excluding hydrogens is 280 g/mol. The highest BCUT2D eigenvalue weighted by Crippen LogP contribution is 2.32. The Bertz CT molecular complexity index is 500. The molecule has 17 heavy (non-hydrogen) atoms. The third kappa shape index (κ3) is 2.15. The van der Waals surface area contributed by atoms with E-state index in [2.05, 4.69) is 38.5 Å². The molecule has 2 aromatic rings. The van der Waals surface area contributed by atoms with Crippen molar-refractivity contribution in [2.24, 2.45) is 0 Å². The predicted molar refractivity (Wildman–Crippen MR) is 69.6 cm³/mol. The molecule has 1 fully saturated rings. The van der Waals surface area contributed by atoms with E-state index in [4.69, 9.17) is 4.52 Å². The van der Waals surface area contributed by atoms with Crippen LogP contribution in [0.1, 0.15) is 24.6 Å². The van der Waals surface area contributed by atoms with Crippen molar-refractivity contribution in [3.63, 3.8) is 0 Å². The Kier molecular flexibility index (Phi) is 2.99. The molecule has 4 heteroatoms. The largest absolute Gasteiger partial charge is 0.359 e. The van der Waals surface area contributed by atoms with Crippen LogP contribution in [0.25, 0.3) is 11.1 Å². The molecule has 1 aromatic heterocycles. The predicted octanol–water partition coefficient (Wildman–Crippen LogP) is 3.53. The molecule has 0 bridgehead atoms. The van der Waals surface area contributed by atoms with Gasteiger partial charge in [0.1, 0.15) is 0 Å². The van der Waals surface area contributed by atoms with Crippen LogP contribution in [0.15, 0.2) is 39.5 Å². The van der Waals surface area contributed by atoms with Crippen LogP contribution < -0.4 is 5.32 Å². The summed E-state index contributed by atoms with van der Waals surface area (Å²) in [4.78, 5) is 0. The Morgan fingerprint density at radius 2 is 2.12 bits per heavy atom. The van der Waals surface area contributed by atoms with Gasteiger partial charge in [0.25, 0.3) is 0 Å². The van der Waals surface area contributed by atoms with E-state index >= 15 is 0 Å². The zero-order valence-corrected chi connectivity index (χ0v) is 10.9. The summed E-state index contributed by atoms with van der Waals surface area (Å²) < 4.78 is 6.49. The van der Waals surface area contributed by atoms with Gasteiger partial charge in [-0.1, -0.05) is 33.2 Å². The fourth-order valence-corrected chi connectivity index (χ4v) is 2.52. The number of nitrogens with zero attached hydrogens (tertiary/aromatic N) is 1. The molecule has 0 spiro atoms. The second-order valence-electron chi connectivity index (χ2n) is 4.26. The molecule has 1 aliphatic rings. The Morgan fingerprint density at radius 1 is 1.29 bits per heavy atom. The first kappa shape index (κ1) is 11.0. The zero-order valence-electron chi connectivity index (χ0n) is 9.32. The molecule has 1 unspecified atom stereocenters. The van der Waals surface area contributed by atoms with Crippen molar-refractivity contribution in [3.05, 3.63) is 40.7 Å². The van der Waals surface area contributed by atoms with Gasteiger partial charge in [-0.3, -0.25) is 0 Å². The van der Waals surface area contributed by atoms with E-state index < -0.39 is 0 Å². The van der Waals surface area contributed by atoms with Gasteiger partial charge in [0.2, 0.25) is 0 Å². The average Bonchev–Trinajstić information content (AvgIpc) is 3.00. The number of aromatic nitrogens is 1. The quantitative estimate of drug-likeness (QED) is 0.920. The summed E-state index contributed by atoms with van der Waals surface area (Å²) in [5, 5.41) is 7.38. The van der Waals surface area contributed by atoms with Crippen molar-refractivity contribution in [2.75, 3.05) is 6.54 Å². The van der Waals surface area contributed by atoms with Gasteiger partial charge in [0, 0.05) is 10.0 Å². The van der Waals surface area contributed by atoms with E-state index in [0.29, 0.717) is 6.04 Å². The molecule has 1 atom stereocenters. The number of rotatable bonds is 2. The van der Waals surface area contributed by atoms with Crippen LogP contribution >= 0.6 is 15.9 Å². The SMILES string of the molecule is Brc1ccc(-c2cnoc2C2CCCN2)cc1. The van der Waals surface area contributed by atoms with Gasteiger partial charge < -0.3 is 9.84 Å². The molecule has 1 aliphatic heterocycles. The van der Waals surface area contributed by atoms with E-state index in [1.54, 1.807) is 6.20 Å². The van der Waals surface area contributed by atoms with E-state index in [-0.39, 0.29) is 0 Å². The van der Waals surface area contributed by atoms with Gasteiger partial charge in [-0.25, -0.2) is 0 Å². The van der Waals surface area contributed by atoms with Crippen LogP contribution in [0.4, 0.5) is 0 Å². The fraction of sp³-hybridized carbons (Fsp3) is 0.308. The van der Waals surface area contributed by atoms with E-state index in [0.717, 1.165) is 34.3 Å². The lowest BCUT2D eigenvalue weighted by molar-refractivity contribution is 0.352. The summed E-state index contributed by atoms with van der Waals surface area (Å²) in [7, 11) is 0. The molecule has 2 heterocycles. The summed E-state index contributed by atoms with van der Waals surface area (Å²) in [5.41, 5.74) is 2.25. The lowest BCUT2D eigenvalue weighted by atomic mass is 10.0. The summed E-state index contributed by atoms with van der Waals surface area (Å²) in [6.45, 7) is 1.06. The number of hydrogen-bond donors (Lipinski definition) is 1. The lowest BCUT2D eigenvalue weighted by Crippen LogP contribution is -2.12. The standard InChI is InChI=1S/C13H13BrN2O/c14-10-5-3-9(4-6-10)11-8-16-17-13(11)12-2-1-7-15-12/h3-6,8,12,15H,1-2,7H2. The van der Waals surface area contributed by atoms with Gasteiger partial charge >= 0.3 is 0 Å². The highest BCUT2D eigenvalue weighted by molar-refractivity contribution is 9.10. The normalized spacial score (nSPS) is 19.7. The molecule has 0 saturated carbocycles. The van der Waals surface area contributed by atoms with Gasteiger partial charge in [0.15, 0.2) is 5.76 Å². The molecule has 0 radical (unpaired) electrons. The van der Waals surface area contributed by atoms with E-state index in [1.807, 2.05) is 12.1 Å². The Morgan fingerprint density at radius 3 is 2.82 bits per heavy atom. The molecular formula is C13H13BrN2O. The second kappa shape index (κ2) is 4.63. The highest BCUT2D eigenvalue weighted by Gasteiger charge is 2.23. The van der Waals surface area contributed by atoms with Crippen molar-refractivity contribution in [1.29, 1.82) is 0 Å². The van der Waals surface area contributed by atoms with Crippen molar-refractivity contribution in [2.45, 2.75) is 18.9 Å². The molecule has 1 saturated heterocycles. The molecule has 0 aliphatic carbocycles. The zero-order chi connectivity index (χ0) is 11.7. The van der Waals surface area contributed by atoms with Crippen molar-refractivity contribution in [3.8, 4) is 11.1 Å². The minimum absolute atomic E-state index is 0.316. The first-order chi connectivity index (χ1) is 8.34. The van der Waals surface area contributed by atoms with Gasteiger partial charge in [0.05, 0.1) is 12.2 Å². The second-order valence-corrected chi connectivity index (χ2v) is 5.18. The third-order valence-corrected chi connectivity index (χ3v) is 3.66. The van der Waals surface area contributed by atoms with Crippen molar-refractivity contribution < 1.29 is 4.52 Å². The minimum Gasteiger partial charge on any atom is -0.359 e. The Balaban J connectivity index is 1.97. The van der Waals surface area contributed by atoms with Crippen LogP contribution in [0, 0.1) is 0 Å². The van der Waals surface area contributed by atoms with Crippen molar-refractivity contribution >= 4 is 15.9 Å². The first-order valence-electron chi connectivity index (χ1n) is 5.78. The Labute approximate surface area is 108 Å². The Hall–Kier alpha value is -1.13. The van der Waals surface area contributed by atoms with E-state index in [1.165, 1.54) is 6.42 Å². The van der Waals surface area contributed by atoms with Crippen molar-refractivity contribution in [1.82, 2.24) is 10.5 Å². The summed E-state index contributed by atoms with van der Waals surface area (Å²) in [6, 6.07) is 8.54. The topological polar surface area (TPSA) is 38.1 Å². The van der Waals surface area contributed by atoms with Gasteiger partial charge in [-0.2, -0.15) is 0 Å². The van der Waals surface area contributed by atoms with Crippen LogP contribution in [-0.4, -0.2) is 11.7 Å². The number of nitrogens with one attached hydrogen (secondary N) is 1. The lowest BCUT2D eigenvalue weighted by Gasteiger charge is -2.08. The average molecular weight is 293 g/mol. The molecule has 3 rings (SSSR count). The smallest absolute Gasteiger partial charge is 0.161 e. The highest BCUT2D eigenvalue weighted by atomic mass is 79.9. The molecule has 88 valence electrons. The molecule has 1 N–H and O–H groups in total. The molecule has 1 aromatic carbocycles. The summed E-state index contributed by atoms with van der Waals surface area (Å²) in [6.07, 6.45) is 4.13. The summed E-state index contributed by atoms with van der Waals surface area (Å²) in [5.74, 6) is 0.963. The van der Waals surface area contributed by atoms with Crippen LogP contribution in [0.5, 0.6) is 0 Å². The number of halogens is 1. The minimum atomic E-state index is 0.316. The third-order valence-electron chi connectivity index (χ3n) is 3.13. The first-order valence-corrected chi connectivity index (χ1v) is 6.58. The number of hydrogen-bond acceptors (Lipinski definition) is 3. The monoisotopic (exact) mass is 292 g/mol. The van der Waals surface area contributed by atoms with Crippen LogP contribution in [-0.2, 0) is 0 Å². The maximum absolute atomic E-state index is 5.41. The molecule has 3 nitrogen and oxygen atoms in total.